The lowest BCUT2D eigenvalue weighted by molar-refractivity contribution is 0.101. The molecule has 0 aliphatic heterocycles. The van der Waals surface area contributed by atoms with Crippen LogP contribution in [0.3, 0.4) is 0 Å². The minimum Gasteiger partial charge on any atom is -0.356 e. The maximum Gasteiger partial charge on any atom is 0.262 e. The highest BCUT2D eigenvalue weighted by Crippen LogP contribution is 2.23. The van der Waals surface area contributed by atoms with E-state index in [4.69, 9.17) is 0 Å². The number of carbonyl (C=O) groups is 1. The first kappa shape index (κ1) is 19.6. The third kappa shape index (κ3) is 4.58. The Kier molecular flexibility index (Phi) is 5.51. The fraction of sp³-hybridized carbons (Fsp3) is 0.136. The van der Waals surface area contributed by atoms with E-state index in [1.807, 2.05) is 25.1 Å². The minimum absolute atomic E-state index is 0.000182. The molecule has 28 heavy (non-hydrogen) atoms. The zero-order chi connectivity index (χ0) is 20.3. The summed E-state index contributed by atoms with van der Waals surface area (Å²) in [6, 6.07) is 19.4. The zero-order valence-electron chi connectivity index (χ0n) is 16.0. The van der Waals surface area contributed by atoms with E-state index in [0.717, 1.165) is 16.9 Å². The topological polar surface area (TPSA) is 75.3 Å². The molecule has 0 spiro atoms. The largest absolute Gasteiger partial charge is 0.356 e. The van der Waals surface area contributed by atoms with E-state index in [9.17, 15) is 13.2 Å². The number of hydrogen-bond acceptors (Lipinski definition) is 4. The Balaban J connectivity index is 1.75. The number of anilines is 3. The number of benzene rings is 3. The fourth-order valence-electron chi connectivity index (χ4n) is 2.92. The van der Waals surface area contributed by atoms with Crippen LogP contribution in [0.5, 0.6) is 0 Å². The summed E-state index contributed by atoms with van der Waals surface area (Å²) in [6.45, 7) is 5.23. The maximum absolute atomic E-state index is 12.7. The van der Waals surface area contributed by atoms with Crippen molar-refractivity contribution in [1.29, 1.82) is 0 Å². The van der Waals surface area contributed by atoms with Crippen molar-refractivity contribution in [2.75, 3.05) is 10.0 Å². The van der Waals surface area contributed by atoms with Gasteiger partial charge in [-0.1, -0.05) is 29.8 Å². The molecule has 3 aromatic rings. The van der Waals surface area contributed by atoms with Crippen LogP contribution in [0, 0.1) is 13.8 Å². The van der Waals surface area contributed by atoms with Gasteiger partial charge in [-0.3, -0.25) is 9.52 Å². The van der Waals surface area contributed by atoms with Crippen LogP contribution in [0.2, 0.25) is 0 Å². The van der Waals surface area contributed by atoms with Crippen LogP contribution in [0.15, 0.2) is 71.6 Å². The summed E-state index contributed by atoms with van der Waals surface area (Å²) in [5.74, 6) is -0.000182. The number of ketones is 1. The molecule has 144 valence electrons. The summed E-state index contributed by atoms with van der Waals surface area (Å²) < 4.78 is 27.9. The molecule has 0 aromatic heterocycles. The van der Waals surface area contributed by atoms with Gasteiger partial charge in [0.25, 0.3) is 10.0 Å². The molecule has 0 amide bonds. The second-order valence-electron chi connectivity index (χ2n) is 6.71. The summed E-state index contributed by atoms with van der Waals surface area (Å²) in [7, 11) is -3.66. The molecule has 0 aliphatic carbocycles. The van der Waals surface area contributed by atoms with Crippen LogP contribution >= 0.6 is 0 Å². The quantitative estimate of drug-likeness (QED) is 0.574. The molecule has 0 unspecified atom stereocenters. The van der Waals surface area contributed by atoms with Gasteiger partial charge in [-0.15, -0.1) is 0 Å². The Morgan fingerprint density at radius 2 is 1.50 bits per heavy atom. The molecule has 0 saturated carbocycles. The van der Waals surface area contributed by atoms with Gasteiger partial charge in [0.2, 0.25) is 0 Å². The summed E-state index contributed by atoms with van der Waals surface area (Å²) >= 11 is 0. The smallest absolute Gasteiger partial charge is 0.262 e. The molecule has 0 aliphatic rings. The van der Waals surface area contributed by atoms with E-state index < -0.39 is 10.0 Å². The second kappa shape index (κ2) is 7.86. The molecule has 3 aromatic carbocycles. The number of hydrogen-bond donors (Lipinski definition) is 2. The van der Waals surface area contributed by atoms with Gasteiger partial charge in [-0.2, -0.15) is 0 Å². The number of nitrogens with one attached hydrogen (secondary N) is 2. The Bertz CT molecular complexity index is 1120. The van der Waals surface area contributed by atoms with Crippen molar-refractivity contribution in [2.45, 2.75) is 25.7 Å². The molecule has 5 nitrogen and oxygen atoms in total. The second-order valence-corrected chi connectivity index (χ2v) is 8.36. The number of Topliss-reactive ketones (excluding diaryl/α,β-unsaturated/α-hetero) is 1. The van der Waals surface area contributed by atoms with Crippen LogP contribution in [-0.4, -0.2) is 14.2 Å². The van der Waals surface area contributed by atoms with E-state index in [1.54, 1.807) is 55.5 Å². The van der Waals surface area contributed by atoms with Crippen molar-refractivity contribution in [1.82, 2.24) is 0 Å². The molecule has 2 N–H and O–H groups in total. The minimum atomic E-state index is -3.66. The molecule has 0 atom stereocenters. The van der Waals surface area contributed by atoms with E-state index >= 15 is 0 Å². The van der Waals surface area contributed by atoms with Crippen LogP contribution in [0.4, 0.5) is 17.1 Å². The molecule has 0 saturated heterocycles. The van der Waals surface area contributed by atoms with Crippen molar-refractivity contribution < 1.29 is 13.2 Å². The van der Waals surface area contributed by atoms with Gasteiger partial charge in [0.1, 0.15) is 0 Å². The van der Waals surface area contributed by atoms with E-state index in [0.29, 0.717) is 16.8 Å². The van der Waals surface area contributed by atoms with E-state index in [-0.39, 0.29) is 10.7 Å². The maximum atomic E-state index is 12.7. The van der Waals surface area contributed by atoms with E-state index in [2.05, 4.69) is 10.0 Å². The first-order valence-electron chi connectivity index (χ1n) is 8.83. The molecule has 0 heterocycles. The molecule has 3 rings (SSSR count). The monoisotopic (exact) mass is 394 g/mol. The van der Waals surface area contributed by atoms with Crippen molar-refractivity contribution in [3.8, 4) is 0 Å². The first-order valence-corrected chi connectivity index (χ1v) is 10.3. The third-order valence-corrected chi connectivity index (χ3v) is 5.86. The summed E-state index contributed by atoms with van der Waals surface area (Å²) in [4.78, 5) is 11.8. The third-order valence-electron chi connectivity index (χ3n) is 4.31. The fourth-order valence-corrected chi connectivity index (χ4v) is 4.20. The highest BCUT2D eigenvalue weighted by Gasteiger charge is 2.16. The van der Waals surface area contributed by atoms with Gasteiger partial charge in [0, 0.05) is 22.6 Å². The highest BCUT2D eigenvalue weighted by molar-refractivity contribution is 7.92. The van der Waals surface area contributed by atoms with Gasteiger partial charge in [0.15, 0.2) is 5.78 Å². The van der Waals surface area contributed by atoms with Gasteiger partial charge in [-0.05, 0) is 68.8 Å². The number of rotatable bonds is 6. The Hall–Kier alpha value is -3.12. The molecule has 0 radical (unpaired) electrons. The Labute approximate surface area is 165 Å². The normalized spacial score (nSPS) is 11.1. The summed E-state index contributed by atoms with van der Waals surface area (Å²) in [5.41, 5.74) is 4.40. The lowest BCUT2D eigenvalue weighted by Crippen LogP contribution is -2.14. The van der Waals surface area contributed by atoms with Crippen LogP contribution < -0.4 is 10.0 Å². The van der Waals surface area contributed by atoms with Gasteiger partial charge >= 0.3 is 0 Å². The van der Waals surface area contributed by atoms with Crippen molar-refractivity contribution in [3.05, 3.63) is 83.4 Å². The highest BCUT2D eigenvalue weighted by atomic mass is 32.2. The zero-order valence-corrected chi connectivity index (χ0v) is 16.8. The molecular weight excluding hydrogens is 372 g/mol. The molecule has 6 heteroatoms. The number of carbonyl (C=O) groups excluding carboxylic acids is 1. The van der Waals surface area contributed by atoms with Crippen LogP contribution in [-0.2, 0) is 10.0 Å². The average molecular weight is 394 g/mol. The standard InChI is InChI=1S/C22H22N2O3S/c1-15-7-12-22(16(2)13-15)28(26,27)24-20-10-8-19(9-11-20)23-21-6-4-5-18(14-21)17(3)25/h4-14,23-24H,1-3H3. The lowest BCUT2D eigenvalue weighted by atomic mass is 10.1. The number of aryl methyl sites for hydroxylation is 2. The molecule has 0 bridgehead atoms. The van der Waals surface area contributed by atoms with Crippen molar-refractivity contribution in [3.63, 3.8) is 0 Å². The van der Waals surface area contributed by atoms with Crippen LogP contribution in [0.25, 0.3) is 0 Å². The van der Waals surface area contributed by atoms with Crippen molar-refractivity contribution >= 4 is 32.9 Å². The predicted octanol–water partition coefficient (Wildman–Crippen LogP) is 5.05. The predicted molar refractivity (Wildman–Crippen MR) is 113 cm³/mol. The van der Waals surface area contributed by atoms with E-state index in [1.165, 1.54) is 6.92 Å². The Morgan fingerprint density at radius 1 is 0.821 bits per heavy atom. The molecular formula is C22H22N2O3S. The SMILES string of the molecule is CC(=O)c1cccc(Nc2ccc(NS(=O)(=O)c3ccc(C)cc3C)cc2)c1. The van der Waals surface area contributed by atoms with Crippen molar-refractivity contribution in [2.24, 2.45) is 0 Å². The number of sulfonamides is 1. The summed E-state index contributed by atoms with van der Waals surface area (Å²) in [6.07, 6.45) is 0. The van der Waals surface area contributed by atoms with Gasteiger partial charge in [-0.25, -0.2) is 8.42 Å². The van der Waals surface area contributed by atoms with Gasteiger partial charge in [0.05, 0.1) is 4.90 Å². The average Bonchev–Trinajstić information content (AvgIpc) is 2.63. The van der Waals surface area contributed by atoms with Crippen LogP contribution in [0.1, 0.15) is 28.4 Å². The summed E-state index contributed by atoms with van der Waals surface area (Å²) in [5, 5.41) is 3.21. The first-order chi connectivity index (χ1) is 13.2. The Morgan fingerprint density at radius 3 is 2.14 bits per heavy atom. The van der Waals surface area contributed by atoms with Gasteiger partial charge < -0.3 is 5.32 Å². The lowest BCUT2D eigenvalue weighted by Gasteiger charge is -2.12. The molecule has 0 fully saturated rings.